The quantitative estimate of drug-likeness (QED) is 0.509. The summed E-state index contributed by atoms with van der Waals surface area (Å²) >= 11 is 0. The monoisotopic (exact) mass is 141 g/mol. The van der Waals surface area contributed by atoms with Crippen LogP contribution in [0.4, 0.5) is 5.82 Å². The molecule has 3 N–H and O–H groups in total. The molecular formula is C5H6N4O. The highest BCUT2D eigenvalue weighted by atomic mass is 16.3. The van der Waals surface area contributed by atoms with E-state index in [1.54, 1.807) is 0 Å². The number of aliphatic hydroxyl groups is 1. The summed E-state index contributed by atoms with van der Waals surface area (Å²) in [5, 5.41) is 6.79. The molecule has 0 aromatic carbocycles. The first kappa shape index (κ1) is 3.16. The number of anilines is 1. The lowest BCUT2D eigenvalue weighted by atomic mass is 10.3. The predicted molar refractivity (Wildman–Crippen MR) is 35.7 cm³/mol. The van der Waals surface area contributed by atoms with Crippen molar-refractivity contribution in [1.29, 1.82) is 1.43 Å². The van der Waals surface area contributed by atoms with Gasteiger partial charge in [-0.2, -0.15) is 0 Å². The molecule has 1 aliphatic heterocycles. The van der Waals surface area contributed by atoms with Gasteiger partial charge in [0.1, 0.15) is 8.44 Å². The van der Waals surface area contributed by atoms with E-state index in [0.717, 1.165) is 0 Å². The summed E-state index contributed by atoms with van der Waals surface area (Å²) < 4.78 is 21.1. The average Bonchev–Trinajstić information content (AvgIpc) is 2.43. The summed E-state index contributed by atoms with van der Waals surface area (Å²) in [6.45, 7) is 0. The number of rotatable bonds is 1. The summed E-state index contributed by atoms with van der Waals surface area (Å²) in [6, 6.07) is 0. The molecule has 52 valence electrons. The molecule has 0 aliphatic carbocycles. The van der Waals surface area contributed by atoms with Gasteiger partial charge in [0.15, 0.2) is 12.0 Å². The lowest BCUT2D eigenvalue weighted by Crippen LogP contribution is -2.09. The number of nitrogens with zero attached hydrogens (tertiary/aromatic N) is 2. The van der Waals surface area contributed by atoms with E-state index < -0.39 is 6.23 Å². The number of aromatic nitrogens is 2. The van der Waals surface area contributed by atoms with Crippen molar-refractivity contribution in [3.8, 4) is 0 Å². The second kappa shape index (κ2) is 1.81. The van der Waals surface area contributed by atoms with E-state index >= 15 is 0 Å². The molecule has 1 aromatic rings. The van der Waals surface area contributed by atoms with Crippen molar-refractivity contribution in [2.45, 2.75) is 6.23 Å². The Balaban J connectivity index is 2.43. The lowest BCUT2D eigenvalue weighted by Gasteiger charge is -2.09. The molecule has 0 spiro atoms. The van der Waals surface area contributed by atoms with Crippen molar-refractivity contribution in [3.63, 3.8) is 0 Å². The third kappa shape index (κ3) is 0.608. The molecule has 2 rings (SSSR count). The molecule has 10 heavy (non-hydrogen) atoms. The van der Waals surface area contributed by atoms with E-state index in [9.17, 15) is 0 Å². The zero-order valence-corrected chi connectivity index (χ0v) is 4.88. The summed E-state index contributed by atoms with van der Waals surface area (Å²) in [5.74, 6) is 0.322. The van der Waals surface area contributed by atoms with Crippen LogP contribution in [0.3, 0.4) is 0 Å². The molecular weight excluding hydrogens is 132 g/mol. The molecule has 0 fully saturated rings. The molecule has 5 heteroatoms. The molecule has 0 amide bonds. The van der Waals surface area contributed by atoms with Gasteiger partial charge in [-0.25, -0.2) is 9.98 Å². The van der Waals surface area contributed by atoms with Gasteiger partial charge in [0, 0.05) is 0 Å². The number of imidazole rings is 1. The number of aliphatic imine (C=N–C) groups is 1. The summed E-state index contributed by atoms with van der Waals surface area (Å²) in [7, 11) is 0. The van der Waals surface area contributed by atoms with Gasteiger partial charge in [0.25, 0.3) is 0 Å². The Morgan fingerprint density at radius 1 is 1.90 bits per heavy atom. The number of H-pyrrole nitrogens is 1. The Hall–Kier alpha value is -1.36. The van der Waals surface area contributed by atoms with Gasteiger partial charge in [-0.3, -0.25) is 0 Å². The highest BCUT2D eigenvalue weighted by Crippen LogP contribution is 2.21. The highest BCUT2D eigenvalue weighted by molar-refractivity contribution is 5.77. The number of fused-ring (bicyclic) bond motifs is 1. The summed E-state index contributed by atoms with van der Waals surface area (Å²) in [4.78, 5) is 9.97. The van der Waals surface area contributed by atoms with Crippen molar-refractivity contribution in [2.75, 3.05) is 5.32 Å². The van der Waals surface area contributed by atoms with Crippen LogP contribution in [-0.4, -0.2) is 22.8 Å². The first-order chi connectivity index (χ1) is 6.20. The van der Waals surface area contributed by atoms with E-state index in [4.69, 9.17) is 4.17 Å². The van der Waals surface area contributed by atoms with Crippen LogP contribution in [0, 0.1) is 0 Å². The zero-order chi connectivity index (χ0) is 9.42. The number of aliphatic hydroxyl groups excluding tert-OH is 1. The Kier molecular flexibility index (Phi) is 0.571. The molecule has 1 aliphatic rings. The zero-order valence-electron chi connectivity index (χ0n) is 7.88. The van der Waals surface area contributed by atoms with Crippen LogP contribution < -0.4 is 5.32 Å². The maximum atomic E-state index is 7.21. The van der Waals surface area contributed by atoms with E-state index in [0.29, 0.717) is 11.5 Å². The fraction of sp³-hybridized carbons (Fsp3) is 0.200. The predicted octanol–water partition coefficient (Wildman–Crippen LogP) is -0.146. The number of hydrogen-bond acceptors (Lipinski definition) is 4. The van der Waals surface area contributed by atoms with Crippen LogP contribution in [0.15, 0.2) is 11.3 Å². The fourth-order valence-electron chi connectivity index (χ4n) is 0.746. The molecule has 2 heterocycles. The fourth-order valence-corrected chi connectivity index (χ4v) is 0.746. The van der Waals surface area contributed by atoms with Crippen molar-refractivity contribution >= 4 is 12.1 Å². The van der Waals surface area contributed by atoms with Crippen LogP contribution in [0.5, 0.6) is 0 Å². The maximum Gasteiger partial charge on any atom is 0.213 e. The molecule has 0 radical (unpaired) electrons. The Morgan fingerprint density at radius 3 is 3.80 bits per heavy atom. The van der Waals surface area contributed by atoms with Crippen molar-refractivity contribution < 1.29 is 7.85 Å². The standard InChI is InChI=1S/C5H6N4O/c10-5-3-4(7-1-6-3)8-2-9-5/h1-2,5,10H,(H,6,7)(H,8,9)/i1D,2D,10D. The van der Waals surface area contributed by atoms with E-state index in [-0.39, 0.29) is 12.6 Å². The van der Waals surface area contributed by atoms with Gasteiger partial charge < -0.3 is 15.4 Å². The Bertz CT molecular complexity index is 363. The second-order valence-corrected chi connectivity index (χ2v) is 1.83. The van der Waals surface area contributed by atoms with Gasteiger partial charge in [-0.15, -0.1) is 0 Å². The SMILES string of the molecule is [2H]OC1N=C([2H])Nc2nc([2H])[nH]c21. The first-order valence-corrected chi connectivity index (χ1v) is 2.70. The smallest absolute Gasteiger partial charge is 0.213 e. The van der Waals surface area contributed by atoms with Gasteiger partial charge in [0.05, 0.1) is 12.6 Å². The summed E-state index contributed by atoms with van der Waals surface area (Å²) in [5.41, 5.74) is 0.399. The van der Waals surface area contributed by atoms with Gasteiger partial charge in [-0.05, 0) is 0 Å². The van der Waals surface area contributed by atoms with Gasteiger partial charge in [0.2, 0.25) is 1.43 Å². The Labute approximate surface area is 61.1 Å². The minimum absolute atomic E-state index is 0.0514. The molecule has 0 saturated heterocycles. The molecule has 0 bridgehead atoms. The minimum atomic E-state index is -0.893. The molecule has 1 unspecified atom stereocenters. The van der Waals surface area contributed by atoms with Crippen molar-refractivity contribution in [1.82, 2.24) is 9.97 Å². The largest absolute Gasteiger partial charge is 0.367 e. The van der Waals surface area contributed by atoms with E-state index in [1.165, 1.54) is 0 Å². The number of amidine groups is 1. The van der Waals surface area contributed by atoms with Crippen LogP contribution in [0.1, 0.15) is 14.7 Å². The lowest BCUT2D eigenvalue weighted by molar-refractivity contribution is 0.184. The number of aromatic amines is 1. The third-order valence-electron chi connectivity index (χ3n) is 1.22. The minimum Gasteiger partial charge on any atom is -0.367 e. The van der Waals surface area contributed by atoms with Crippen LogP contribution in [0.2, 0.25) is 0 Å². The van der Waals surface area contributed by atoms with Crippen molar-refractivity contribution in [2.24, 2.45) is 4.99 Å². The van der Waals surface area contributed by atoms with Crippen LogP contribution >= 0.6 is 0 Å². The molecule has 1 atom stereocenters. The van der Waals surface area contributed by atoms with Gasteiger partial charge in [-0.1, -0.05) is 0 Å². The third-order valence-corrected chi connectivity index (χ3v) is 1.22. The number of hydrogen-bond donors (Lipinski definition) is 3. The van der Waals surface area contributed by atoms with E-state index in [1.807, 2.05) is 0 Å². The van der Waals surface area contributed by atoms with E-state index in [2.05, 4.69) is 25.4 Å². The second-order valence-electron chi connectivity index (χ2n) is 1.83. The maximum absolute atomic E-state index is 7.21. The van der Waals surface area contributed by atoms with Crippen molar-refractivity contribution in [3.05, 3.63) is 12.0 Å². The van der Waals surface area contributed by atoms with Crippen LogP contribution in [-0.2, 0) is 0 Å². The normalized spacial score (nSPS) is 27.0. The average molecular weight is 141 g/mol. The topological polar surface area (TPSA) is 73.3 Å². The molecule has 0 saturated carbocycles. The molecule has 5 nitrogen and oxygen atoms in total. The number of nitrogens with one attached hydrogen (secondary N) is 2. The molecule has 1 aromatic heterocycles. The first-order valence-electron chi connectivity index (χ1n) is 4.11. The highest BCUT2D eigenvalue weighted by Gasteiger charge is 2.15. The van der Waals surface area contributed by atoms with Crippen LogP contribution in [0.25, 0.3) is 0 Å². The van der Waals surface area contributed by atoms with Gasteiger partial charge >= 0.3 is 0 Å². The summed E-state index contributed by atoms with van der Waals surface area (Å²) in [6.07, 6.45) is -1.07. The Morgan fingerprint density at radius 2 is 2.90 bits per heavy atom.